The van der Waals surface area contributed by atoms with Crippen LogP contribution in [0.1, 0.15) is 11.1 Å². The predicted molar refractivity (Wildman–Crippen MR) is 94.9 cm³/mol. The largest absolute Gasteiger partial charge is 0.454 e. The molecular formula is C18H11F3N2O3S. The van der Waals surface area contributed by atoms with Crippen molar-refractivity contribution >= 4 is 38.7 Å². The minimum absolute atomic E-state index is 0.0991. The van der Waals surface area contributed by atoms with Crippen LogP contribution in [0.3, 0.4) is 0 Å². The lowest BCUT2D eigenvalue weighted by Crippen LogP contribution is -2.08. The zero-order valence-corrected chi connectivity index (χ0v) is 14.4. The van der Waals surface area contributed by atoms with E-state index in [1.807, 2.05) is 0 Å². The predicted octanol–water partition coefficient (Wildman–Crippen LogP) is 4.70. The summed E-state index contributed by atoms with van der Waals surface area (Å²) in [7, 11) is 0. The lowest BCUT2D eigenvalue weighted by atomic mass is 10.2. The van der Waals surface area contributed by atoms with Gasteiger partial charge in [0.05, 0.1) is 15.8 Å². The van der Waals surface area contributed by atoms with E-state index >= 15 is 0 Å². The van der Waals surface area contributed by atoms with E-state index in [2.05, 4.69) is 10.3 Å². The molecule has 0 radical (unpaired) electrons. The number of aromatic nitrogens is 1. The van der Waals surface area contributed by atoms with Gasteiger partial charge in [-0.3, -0.25) is 10.1 Å². The normalized spacial score (nSPS) is 13.4. The highest BCUT2D eigenvalue weighted by Crippen LogP contribution is 2.37. The van der Waals surface area contributed by atoms with Crippen LogP contribution in [-0.4, -0.2) is 17.7 Å². The summed E-state index contributed by atoms with van der Waals surface area (Å²) in [4.78, 5) is 16.0. The standard InChI is InChI=1S/C18H11F3N2O3S/c19-18(20,21)11-2-1-3-14-16(11)23-17(27-14)22-15(24)7-5-10-4-6-12-13(8-10)26-9-25-12/h1-8H,9H2,(H,22,23,24)/b7-5+. The quantitative estimate of drug-likeness (QED) is 0.657. The summed E-state index contributed by atoms with van der Waals surface area (Å²) >= 11 is 0.980. The zero-order chi connectivity index (χ0) is 19.0. The summed E-state index contributed by atoms with van der Waals surface area (Å²) in [5.74, 6) is 0.718. The van der Waals surface area contributed by atoms with E-state index in [0.717, 1.165) is 23.0 Å². The SMILES string of the molecule is O=C(/C=C/c1ccc2c(c1)OCO2)Nc1nc2c(C(F)(F)F)cccc2s1. The minimum atomic E-state index is -4.51. The number of para-hydroxylation sites is 1. The Balaban J connectivity index is 1.51. The summed E-state index contributed by atoms with van der Waals surface area (Å²) < 4.78 is 49.9. The van der Waals surface area contributed by atoms with Crippen molar-refractivity contribution in [2.75, 3.05) is 12.1 Å². The first-order chi connectivity index (χ1) is 12.9. The second kappa shape index (κ2) is 6.58. The number of alkyl halides is 3. The van der Waals surface area contributed by atoms with E-state index in [1.54, 1.807) is 24.3 Å². The molecular weight excluding hydrogens is 381 g/mol. The number of fused-ring (bicyclic) bond motifs is 2. The number of rotatable bonds is 3. The minimum Gasteiger partial charge on any atom is -0.454 e. The average Bonchev–Trinajstić information content (AvgIpc) is 3.24. The van der Waals surface area contributed by atoms with E-state index in [1.165, 1.54) is 18.2 Å². The highest BCUT2D eigenvalue weighted by molar-refractivity contribution is 7.22. The molecule has 27 heavy (non-hydrogen) atoms. The number of anilines is 1. The monoisotopic (exact) mass is 392 g/mol. The molecule has 0 fully saturated rings. The van der Waals surface area contributed by atoms with E-state index in [-0.39, 0.29) is 17.4 Å². The topological polar surface area (TPSA) is 60.5 Å². The van der Waals surface area contributed by atoms with Crippen LogP contribution >= 0.6 is 11.3 Å². The fourth-order valence-corrected chi connectivity index (χ4v) is 3.46. The number of nitrogens with one attached hydrogen (secondary N) is 1. The van der Waals surface area contributed by atoms with Gasteiger partial charge in [-0.2, -0.15) is 13.2 Å². The van der Waals surface area contributed by atoms with E-state index in [9.17, 15) is 18.0 Å². The number of thiazole rings is 1. The molecule has 1 aliphatic heterocycles. The van der Waals surface area contributed by atoms with Gasteiger partial charge in [0.2, 0.25) is 12.7 Å². The molecule has 0 spiro atoms. The summed E-state index contributed by atoms with van der Waals surface area (Å²) in [6, 6.07) is 9.01. The first-order valence-corrected chi connectivity index (χ1v) is 8.57. The maximum absolute atomic E-state index is 13.0. The molecule has 2 heterocycles. The van der Waals surface area contributed by atoms with Crippen molar-refractivity contribution in [2.24, 2.45) is 0 Å². The summed E-state index contributed by atoms with van der Waals surface area (Å²) in [6.45, 7) is 0.153. The fraction of sp³-hybridized carbons (Fsp3) is 0.111. The molecule has 5 nitrogen and oxygen atoms in total. The Kier molecular flexibility index (Phi) is 4.23. The number of nitrogens with zero attached hydrogens (tertiary/aromatic N) is 1. The highest BCUT2D eigenvalue weighted by atomic mass is 32.1. The van der Waals surface area contributed by atoms with Gasteiger partial charge in [0.25, 0.3) is 0 Å². The van der Waals surface area contributed by atoms with Gasteiger partial charge < -0.3 is 9.47 Å². The average molecular weight is 392 g/mol. The third-order valence-electron chi connectivity index (χ3n) is 3.78. The van der Waals surface area contributed by atoms with Gasteiger partial charge in [0.1, 0.15) is 0 Å². The lowest BCUT2D eigenvalue weighted by molar-refractivity contribution is -0.136. The molecule has 0 atom stereocenters. The Morgan fingerprint density at radius 2 is 2.00 bits per heavy atom. The molecule has 2 aromatic carbocycles. The number of amides is 1. The zero-order valence-electron chi connectivity index (χ0n) is 13.5. The molecule has 1 aromatic heterocycles. The molecule has 0 saturated carbocycles. The van der Waals surface area contributed by atoms with Crippen LogP contribution in [0.5, 0.6) is 11.5 Å². The van der Waals surface area contributed by atoms with E-state index in [0.29, 0.717) is 16.2 Å². The molecule has 0 aliphatic carbocycles. The van der Waals surface area contributed by atoms with Gasteiger partial charge in [-0.25, -0.2) is 4.98 Å². The first kappa shape index (κ1) is 17.3. The number of hydrogen-bond donors (Lipinski definition) is 1. The summed E-state index contributed by atoms with van der Waals surface area (Å²) in [5, 5.41) is 2.59. The van der Waals surface area contributed by atoms with Crippen LogP contribution in [-0.2, 0) is 11.0 Å². The molecule has 3 aromatic rings. The molecule has 1 N–H and O–H groups in total. The lowest BCUT2D eigenvalue weighted by Gasteiger charge is -2.05. The van der Waals surface area contributed by atoms with Gasteiger partial charge in [-0.15, -0.1) is 0 Å². The summed E-state index contributed by atoms with van der Waals surface area (Å²) in [6.07, 6.45) is -1.67. The van der Waals surface area contributed by atoms with Gasteiger partial charge in [0.15, 0.2) is 16.6 Å². The number of hydrogen-bond acceptors (Lipinski definition) is 5. The van der Waals surface area contributed by atoms with Gasteiger partial charge in [-0.05, 0) is 35.9 Å². The second-order valence-electron chi connectivity index (χ2n) is 5.60. The Hall–Kier alpha value is -3.07. The van der Waals surface area contributed by atoms with Crippen molar-refractivity contribution in [3.05, 3.63) is 53.6 Å². The van der Waals surface area contributed by atoms with Crippen LogP contribution in [0, 0.1) is 0 Å². The van der Waals surface area contributed by atoms with Crippen LogP contribution in [0.2, 0.25) is 0 Å². The van der Waals surface area contributed by atoms with Crippen molar-refractivity contribution in [3.63, 3.8) is 0 Å². The van der Waals surface area contributed by atoms with Crippen molar-refractivity contribution in [1.29, 1.82) is 0 Å². The van der Waals surface area contributed by atoms with Crippen molar-refractivity contribution < 1.29 is 27.4 Å². The molecule has 4 rings (SSSR count). The van der Waals surface area contributed by atoms with Crippen LogP contribution in [0.4, 0.5) is 18.3 Å². The number of carbonyl (C=O) groups is 1. The summed E-state index contributed by atoms with van der Waals surface area (Å²) in [5.41, 5.74) is -0.282. The molecule has 0 saturated heterocycles. The molecule has 1 aliphatic rings. The maximum atomic E-state index is 13.0. The Labute approximate surface area is 155 Å². The number of benzene rings is 2. The van der Waals surface area contributed by atoms with Crippen molar-refractivity contribution in [3.8, 4) is 11.5 Å². The molecule has 1 amide bonds. The van der Waals surface area contributed by atoms with Crippen molar-refractivity contribution in [2.45, 2.75) is 6.18 Å². The van der Waals surface area contributed by atoms with Crippen LogP contribution < -0.4 is 14.8 Å². The van der Waals surface area contributed by atoms with Crippen LogP contribution in [0.15, 0.2) is 42.5 Å². The van der Waals surface area contributed by atoms with E-state index in [4.69, 9.17) is 9.47 Å². The number of carbonyl (C=O) groups excluding carboxylic acids is 1. The van der Waals surface area contributed by atoms with Gasteiger partial charge in [-0.1, -0.05) is 23.5 Å². The molecule has 0 bridgehead atoms. The third kappa shape index (κ3) is 3.59. The number of ether oxygens (including phenoxy) is 2. The molecule has 9 heteroatoms. The highest BCUT2D eigenvalue weighted by Gasteiger charge is 2.33. The van der Waals surface area contributed by atoms with Gasteiger partial charge in [0, 0.05) is 6.08 Å². The Bertz CT molecular complexity index is 1060. The van der Waals surface area contributed by atoms with Gasteiger partial charge >= 0.3 is 6.18 Å². The van der Waals surface area contributed by atoms with Crippen LogP contribution in [0.25, 0.3) is 16.3 Å². The molecule has 138 valence electrons. The Morgan fingerprint density at radius 3 is 2.81 bits per heavy atom. The first-order valence-electron chi connectivity index (χ1n) is 7.75. The fourth-order valence-electron chi connectivity index (χ4n) is 2.57. The smallest absolute Gasteiger partial charge is 0.418 e. The number of halogens is 3. The molecule has 0 unspecified atom stereocenters. The third-order valence-corrected chi connectivity index (χ3v) is 4.71. The van der Waals surface area contributed by atoms with E-state index < -0.39 is 17.6 Å². The maximum Gasteiger partial charge on any atom is 0.418 e. The second-order valence-corrected chi connectivity index (χ2v) is 6.64. The Morgan fingerprint density at radius 1 is 1.19 bits per heavy atom. The van der Waals surface area contributed by atoms with Crippen molar-refractivity contribution in [1.82, 2.24) is 4.98 Å².